The number of hydrogen-bond donors (Lipinski definition) is 0. The second-order valence-electron chi connectivity index (χ2n) is 13.8. The standard InChI is InChI=1S/C52H32N4Si/c53-33-37-1-9-41(10-2-37)45-17-25-49(26-18-45)57(50-27-19-46(20-28-50)42-11-3-38(34-54)4-12-42,51-29-21-47(22-30-51)43-13-5-39(35-55)6-14-43)52-31-23-48(24-32-52)44-15-7-40(36-56)8-16-44/h1-32H. The van der Waals surface area contributed by atoms with Crippen molar-refractivity contribution in [3.63, 3.8) is 0 Å². The summed E-state index contributed by atoms with van der Waals surface area (Å²) in [6.45, 7) is 0. The molecule has 0 N–H and O–H groups in total. The van der Waals surface area contributed by atoms with Crippen molar-refractivity contribution in [3.8, 4) is 68.8 Å². The highest BCUT2D eigenvalue weighted by molar-refractivity contribution is 7.19. The van der Waals surface area contributed by atoms with E-state index in [2.05, 4.69) is 121 Å². The summed E-state index contributed by atoms with van der Waals surface area (Å²) in [6.07, 6.45) is 0. The van der Waals surface area contributed by atoms with Gasteiger partial charge in [0.05, 0.1) is 46.5 Å². The Kier molecular flexibility index (Phi) is 9.92. The Balaban J connectivity index is 1.32. The Morgan fingerprint density at radius 1 is 0.211 bits per heavy atom. The molecule has 0 fully saturated rings. The van der Waals surface area contributed by atoms with Crippen molar-refractivity contribution in [1.82, 2.24) is 0 Å². The SMILES string of the molecule is N#Cc1ccc(-c2ccc([Si](c3ccc(-c4ccc(C#N)cc4)cc3)(c3ccc(-c4ccc(C#N)cc4)cc3)c3ccc(-c4ccc(C#N)cc4)cc3)cc2)cc1. The Bertz CT molecular complexity index is 2440. The molecule has 8 rings (SSSR count). The van der Waals surface area contributed by atoms with Gasteiger partial charge in [-0.25, -0.2) is 0 Å². The number of benzene rings is 8. The zero-order chi connectivity index (χ0) is 39.2. The van der Waals surface area contributed by atoms with Crippen LogP contribution >= 0.6 is 0 Å². The van der Waals surface area contributed by atoms with Gasteiger partial charge in [-0.2, -0.15) is 21.0 Å². The van der Waals surface area contributed by atoms with E-state index >= 15 is 0 Å². The average Bonchev–Trinajstić information content (AvgIpc) is 3.30. The van der Waals surface area contributed by atoms with E-state index in [0.717, 1.165) is 44.5 Å². The van der Waals surface area contributed by atoms with Crippen LogP contribution in [0.25, 0.3) is 44.5 Å². The van der Waals surface area contributed by atoms with Crippen LogP contribution in [0.4, 0.5) is 0 Å². The van der Waals surface area contributed by atoms with Crippen LogP contribution in [-0.2, 0) is 0 Å². The van der Waals surface area contributed by atoms with Crippen LogP contribution in [0.3, 0.4) is 0 Å². The van der Waals surface area contributed by atoms with Gasteiger partial charge >= 0.3 is 0 Å². The minimum Gasteiger partial charge on any atom is -0.192 e. The van der Waals surface area contributed by atoms with Crippen molar-refractivity contribution in [3.05, 3.63) is 216 Å². The van der Waals surface area contributed by atoms with E-state index in [0.29, 0.717) is 22.3 Å². The van der Waals surface area contributed by atoms with Gasteiger partial charge in [-0.1, -0.05) is 146 Å². The summed E-state index contributed by atoms with van der Waals surface area (Å²) < 4.78 is 0. The normalized spacial score (nSPS) is 10.7. The molecular formula is C52H32N4Si. The van der Waals surface area contributed by atoms with Crippen LogP contribution in [0.1, 0.15) is 22.3 Å². The molecule has 264 valence electrons. The van der Waals surface area contributed by atoms with E-state index in [1.54, 1.807) is 0 Å². The van der Waals surface area contributed by atoms with Crippen LogP contribution in [-0.4, -0.2) is 8.07 Å². The third-order valence-electron chi connectivity index (χ3n) is 10.7. The largest absolute Gasteiger partial charge is 0.192 e. The lowest BCUT2D eigenvalue weighted by molar-refractivity contribution is 1.48. The summed E-state index contributed by atoms with van der Waals surface area (Å²) >= 11 is 0. The van der Waals surface area contributed by atoms with Gasteiger partial charge in [-0.3, -0.25) is 0 Å². The third kappa shape index (κ3) is 7.03. The summed E-state index contributed by atoms with van der Waals surface area (Å²) in [6, 6.07) is 75.1. The molecule has 0 amide bonds. The fourth-order valence-electron chi connectivity index (χ4n) is 7.60. The molecule has 0 atom stereocenters. The van der Waals surface area contributed by atoms with Crippen molar-refractivity contribution in [1.29, 1.82) is 21.0 Å². The fraction of sp³-hybridized carbons (Fsp3) is 0. The van der Waals surface area contributed by atoms with Gasteiger partial charge in [0.2, 0.25) is 0 Å². The first kappa shape index (κ1) is 35.9. The maximum absolute atomic E-state index is 9.38. The topological polar surface area (TPSA) is 95.2 Å². The Hall–Kier alpha value is -8.06. The lowest BCUT2D eigenvalue weighted by Crippen LogP contribution is -2.74. The van der Waals surface area contributed by atoms with E-state index in [-0.39, 0.29) is 0 Å². The molecule has 8 aromatic carbocycles. The predicted octanol–water partition coefficient (Wildman–Crippen LogP) is 9.22. The molecule has 0 bridgehead atoms. The molecule has 0 saturated heterocycles. The number of nitrogens with zero attached hydrogens (tertiary/aromatic N) is 4. The van der Waals surface area contributed by atoms with Gasteiger partial charge in [-0.05, 0) is 114 Å². The highest BCUT2D eigenvalue weighted by Gasteiger charge is 2.41. The first-order valence-electron chi connectivity index (χ1n) is 18.5. The third-order valence-corrected chi connectivity index (χ3v) is 15.5. The molecule has 0 saturated carbocycles. The molecule has 0 aromatic heterocycles. The minimum atomic E-state index is -3.03. The molecule has 0 aliphatic carbocycles. The molecule has 0 spiro atoms. The molecule has 5 heteroatoms. The van der Waals surface area contributed by atoms with Gasteiger partial charge in [-0.15, -0.1) is 0 Å². The Morgan fingerprint density at radius 3 is 0.491 bits per heavy atom. The van der Waals surface area contributed by atoms with Crippen molar-refractivity contribution >= 4 is 28.8 Å². The second-order valence-corrected chi connectivity index (χ2v) is 17.6. The highest BCUT2D eigenvalue weighted by atomic mass is 28.3. The summed E-state index contributed by atoms with van der Waals surface area (Å²) in [5, 5.41) is 42.4. The fourth-order valence-corrected chi connectivity index (χ4v) is 12.3. The zero-order valence-corrected chi connectivity index (χ0v) is 31.8. The number of rotatable bonds is 8. The molecule has 8 aromatic rings. The lowest BCUT2D eigenvalue weighted by atomic mass is 10.0. The van der Waals surface area contributed by atoms with Crippen LogP contribution < -0.4 is 20.7 Å². The summed E-state index contributed by atoms with van der Waals surface area (Å²) in [5.41, 5.74) is 10.9. The highest BCUT2D eigenvalue weighted by Crippen LogP contribution is 2.25. The van der Waals surface area contributed by atoms with E-state index in [1.807, 2.05) is 97.1 Å². The Morgan fingerprint density at radius 2 is 0.351 bits per heavy atom. The predicted molar refractivity (Wildman–Crippen MR) is 231 cm³/mol. The molecule has 0 aliphatic rings. The van der Waals surface area contributed by atoms with Crippen LogP contribution in [0.2, 0.25) is 0 Å². The van der Waals surface area contributed by atoms with E-state index in [1.165, 1.54) is 20.7 Å². The van der Waals surface area contributed by atoms with Crippen molar-refractivity contribution < 1.29 is 0 Å². The molecular weight excluding hydrogens is 709 g/mol. The van der Waals surface area contributed by atoms with Crippen molar-refractivity contribution in [2.75, 3.05) is 0 Å². The maximum Gasteiger partial charge on any atom is 0.179 e. The minimum absolute atomic E-state index is 0.625. The molecule has 0 radical (unpaired) electrons. The lowest BCUT2D eigenvalue weighted by Gasteiger charge is -2.35. The van der Waals surface area contributed by atoms with Gasteiger partial charge < -0.3 is 0 Å². The van der Waals surface area contributed by atoms with Crippen LogP contribution in [0.5, 0.6) is 0 Å². The molecule has 0 unspecified atom stereocenters. The second kappa shape index (κ2) is 15.7. The van der Waals surface area contributed by atoms with Gasteiger partial charge in [0.15, 0.2) is 8.07 Å². The summed E-state index contributed by atoms with van der Waals surface area (Å²) in [4.78, 5) is 0. The number of hydrogen-bond acceptors (Lipinski definition) is 4. The Labute approximate surface area is 333 Å². The molecule has 57 heavy (non-hydrogen) atoms. The van der Waals surface area contributed by atoms with Gasteiger partial charge in [0, 0.05) is 0 Å². The van der Waals surface area contributed by atoms with Gasteiger partial charge in [0.1, 0.15) is 0 Å². The van der Waals surface area contributed by atoms with E-state index in [4.69, 9.17) is 0 Å². The van der Waals surface area contributed by atoms with Crippen LogP contribution in [0.15, 0.2) is 194 Å². The van der Waals surface area contributed by atoms with Crippen LogP contribution in [0, 0.1) is 45.3 Å². The average molecular weight is 741 g/mol. The van der Waals surface area contributed by atoms with E-state index in [9.17, 15) is 21.0 Å². The van der Waals surface area contributed by atoms with Gasteiger partial charge in [0.25, 0.3) is 0 Å². The molecule has 0 heterocycles. The maximum atomic E-state index is 9.38. The molecule has 4 nitrogen and oxygen atoms in total. The summed E-state index contributed by atoms with van der Waals surface area (Å²) in [5.74, 6) is 0. The first-order valence-corrected chi connectivity index (χ1v) is 20.5. The molecule has 0 aliphatic heterocycles. The quantitative estimate of drug-likeness (QED) is 0.115. The smallest absolute Gasteiger partial charge is 0.179 e. The first-order chi connectivity index (χ1) is 28.0. The van der Waals surface area contributed by atoms with Crippen molar-refractivity contribution in [2.24, 2.45) is 0 Å². The van der Waals surface area contributed by atoms with Crippen molar-refractivity contribution in [2.45, 2.75) is 0 Å². The van der Waals surface area contributed by atoms with E-state index < -0.39 is 8.07 Å². The zero-order valence-electron chi connectivity index (χ0n) is 30.8. The monoisotopic (exact) mass is 740 g/mol. The number of nitriles is 4. The summed E-state index contributed by atoms with van der Waals surface area (Å²) in [7, 11) is -3.03.